The lowest BCUT2D eigenvalue weighted by molar-refractivity contribution is -0.201. The Hall–Kier alpha value is 0.310. The van der Waals surface area contributed by atoms with Crippen LogP contribution in [0.2, 0.25) is 0 Å². The van der Waals surface area contributed by atoms with E-state index in [1.54, 1.807) is 6.92 Å². The number of rotatable bonds is 3. The van der Waals surface area contributed by atoms with E-state index in [2.05, 4.69) is 9.05 Å². The molecule has 0 aromatic carbocycles. The first-order chi connectivity index (χ1) is 3.31. The molecule has 0 aliphatic rings. The van der Waals surface area contributed by atoms with Gasteiger partial charge in [0.05, 0.1) is 8.60 Å². The topological polar surface area (TPSA) is 41.5 Å². The molecule has 3 nitrogen and oxygen atoms in total. The summed E-state index contributed by atoms with van der Waals surface area (Å²) in [6, 6.07) is 0. The fourth-order valence-corrected chi connectivity index (χ4v) is 0.474. The van der Waals surface area contributed by atoms with E-state index in [-0.39, 0.29) is 0 Å². The predicted molar refractivity (Wildman–Crippen MR) is 25.6 cm³/mol. The molecule has 0 aliphatic heterocycles. The van der Waals surface area contributed by atoms with Gasteiger partial charge in [-0.25, -0.2) is 0 Å². The first-order valence-corrected chi connectivity index (χ1v) is 3.05. The second-order valence-electron chi connectivity index (χ2n) is 0.824. The molecule has 7 heavy (non-hydrogen) atoms. The van der Waals surface area contributed by atoms with Crippen LogP contribution in [0.1, 0.15) is 6.92 Å². The molecule has 0 radical (unpaired) electrons. The summed E-state index contributed by atoms with van der Waals surface area (Å²) in [7, 11) is -0.487. The number of hydrogen-bond acceptors (Lipinski definition) is 3. The van der Waals surface area contributed by atoms with Gasteiger partial charge in [-0.05, 0) is 6.92 Å². The largest absolute Gasteiger partial charge is 0.786 e. The van der Waals surface area contributed by atoms with Gasteiger partial charge in [0.25, 0.3) is 0 Å². The van der Waals surface area contributed by atoms with Gasteiger partial charge in [0.15, 0.2) is 0 Å². The van der Waals surface area contributed by atoms with Crippen molar-refractivity contribution in [2.75, 3.05) is 13.7 Å². The van der Waals surface area contributed by atoms with Crippen molar-refractivity contribution in [2.45, 2.75) is 6.92 Å². The summed E-state index contributed by atoms with van der Waals surface area (Å²) in [6.45, 7) is 2.19. The van der Waals surface area contributed by atoms with Crippen molar-refractivity contribution in [1.29, 1.82) is 0 Å². The van der Waals surface area contributed by atoms with Crippen molar-refractivity contribution in [1.82, 2.24) is 0 Å². The van der Waals surface area contributed by atoms with Gasteiger partial charge in [0.2, 0.25) is 0 Å². The molecule has 0 bridgehead atoms. The first kappa shape index (κ1) is 7.31. The van der Waals surface area contributed by atoms with Crippen LogP contribution in [0, 0.1) is 0 Å². The van der Waals surface area contributed by atoms with Crippen LogP contribution in [0.4, 0.5) is 0 Å². The first-order valence-electron chi connectivity index (χ1n) is 1.95. The second-order valence-corrected chi connectivity index (χ2v) is 1.89. The van der Waals surface area contributed by atoms with Crippen LogP contribution in [0.25, 0.3) is 0 Å². The fourth-order valence-electron chi connectivity index (χ4n) is 0.158. The summed E-state index contributed by atoms with van der Waals surface area (Å²) in [5, 5.41) is 0. The Morgan fingerprint density at radius 2 is 2.29 bits per heavy atom. The predicted octanol–water partition coefficient (Wildman–Crippen LogP) is 0.256. The zero-order chi connectivity index (χ0) is 5.70. The highest BCUT2D eigenvalue weighted by atomic mass is 31.2. The minimum absolute atomic E-state index is 0.434. The molecule has 0 aromatic heterocycles. The van der Waals surface area contributed by atoms with Crippen LogP contribution in [0.3, 0.4) is 0 Å². The minimum atomic E-state index is -1.83. The van der Waals surface area contributed by atoms with E-state index >= 15 is 0 Å². The molecule has 1 atom stereocenters. The quantitative estimate of drug-likeness (QED) is 0.505. The van der Waals surface area contributed by atoms with Crippen molar-refractivity contribution in [2.24, 2.45) is 0 Å². The van der Waals surface area contributed by atoms with E-state index in [1.165, 1.54) is 7.11 Å². The normalized spacial score (nSPS) is 14.1. The van der Waals surface area contributed by atoms with Crippen molar-refractivity contribution < 1.29 is 13.9 Å². The third-order valence-corrected chi connectivity index (χ3v) is 1.15. The van der Waals surface area contributed by atoms with E-state index < -0.39 is 8.60 Å². The van der Waals surface area contributed by atoms with E-state index in [0.29, 0.717) is 6.61 Å². The SMILES string of the molecule is CCOP([O-])OC. The molecule has 0 spiro atoms. The maximum absolute atomic E-state index is 10.1. The van der Waals surface area contributed by atoms with Crippen LogP contribution in [-0.4, -0.2) is 13.7 Å². The van der Waals surface area contributed by atoms with Crippen LogP contribution >= 0.6 is 8.60 Å². The summed E-state index contributed by atoms with van der Waals surface area (Å²) in [6.07, 6.45) is 0. The lowest BCUT2D eigenvalue weighted by Crippen LogP contribution is -1.99. The van der Waals surface area contributed by atoms with Crippen LogP contribution in [0.5, 0.6) is 0 Å². The molecule has 0 rings (SSSR count). The smallest absolute Gasteiger partial charge is 0.0824 e. The molecule has 0 aliphatic carbocycles. The van der Waals surface area contributed by atoms with Gasteiger partial charge in [-0.15, -0.1) is 0 Å². The molecule has 0 fully saturated rings. The zero-order valence-corrected chi connectivity index (χ0v) is 5.27. The Bertz CT molecular complexity index is 41.2. The molecular weight excluding hydrogens is 115 g/mol. The number of hydrogen-bond donors (Lipinski definition) is 0. The van der Waals surface area contributed by atoms with Gasteiger partial charge in [-0.1, -0.05) is 0 Å². The van der Waals surface area contributed by atoms with Crippen molar-refractivity contribution >= 4 is 8.60 Å². The Morgan fingerprint density at radius 1 is 1.71 bits per heavy atom. The van der Waals surface area contributed by atoms with Crippen LogP contribution in [0.15, 0.2) is 0 Å². The molecule has 0 N–H and O–H groups in total. The van der Waals surface area contributed by atoms with Gasteiger partial charge in [0.1, 0.15) is 0 Å². The monoisotopic (exact) mass is 123 g/mol. The Balaban J connectivity index is 2.83. The molecular formula is C3H8O3P-. The summed E-state index contributed by atoms with van der Waals surface area (Å²) >= 11 is 0. The summed E-state index contributed by atoms with van der Waals surface area (Å²) < 4.78 is 8.76. The summed E-state index contributed by atoms with van der Waals surface area (Å²) in [4.78, 5) is 10.1. The average Bonchev–Trinajstić information content (AvgIpc) is 1.68. The maximum Gasteiger partial charge on any atom is 0.0824 e. The van der Waals surface area contributed by atoms with Crippen LogP contribution < -0.4 is 4.89 Å². The Labute approximate surface area is 44.3 Å². The molecule has 1 unspecified atom stereocenters. The summed E-state index contributed by atoms with van der Waals surface area (Å²) in [5.74, 6) is 0. The van der Waals surface area contributed by atoms with Gasteiger partial charge in [-0.3, -0.25) is 0 Å². The van der Waals surface area contributed by atoms with Gasteiger partial charge in [-0.2, -0.15) is 0 Å². The van der Waals surface area contributed by atoms with E-state index in [1.807, 2.05) is 0 Å². The van der Waals surface area contributed by atoms with Gasteiger partial charge in [0, 0.05) is 13.7 Å². The third-order valence-electron chi connectivity index (χ3n) is 0.384. The van der Waals surface area contributed by atoms with E-state index in [9.17, 15) is 4.89 Å². The lowest BCUT2D eigenvalue weighted by atomic mass is 10.9. The van der Waals surface area contributed by atoms with E-state index in [4.69, 9.17) is 0 Å². The highest BCUT2D eigenvalue weighted by Crippen LogP contribution is 2.24. The zero-order valence-electron chi connectivity index (χ0n) is 4.38. The lowest BCUT2D eigenvalue weighted by Gasteiger charge is -2.17. The summed E-state index contributed by atoms with van der Waals surface area (Å²) in [5.41, 5.74) is 0. The van der Waals surface area contributed by atoms with Crippen LogP contribution in [-0.2, 0) is 9.05 Å². The molecule has 4 heteroatoms. The third kappa shape index (κ3) is 4.16. The molecule has 0 saturated carbocycles. The Kier molecular flexibility index (Phi) is 4.67. The molecule has 0 aromatic rings. The average molecular weight is 123 g/mol. The minimum Gasteiger partial charge on any atom is -0.786 e. The molecule has 0 heterocycles. The Morgan fingerprint density at radius 3 is 2.43 bits per heavy atom. The molecule has 0 saturated heterocycles. The second kappa shape index (κ2) is 4.47. The van der Waals surface area contributed by atoms with Crippen molar-refractivity contribution in [3.63, 3.8) is 0 Å². The van der Waals surface area contributed by atoms with Gasteiger partial charge >= 0.3 is 0 Å². The van der Waals surface area contributed by atoms with Crippen molar-refractivity contribution in [3.8, 4) is 0 Å². The highest BCUT2D eigenvalue weighted by molar-refractivity contribution is 7.38. The fraction of sp³-hybridized carbons (Fsp3) is 1.00. The molecule has 44 valence electrons. The van der Waals surface area contributed by atoms with Crippen molar-refractivity contribution in [3.05, 3.63) is 0 Å². The van der Waals surface area contributed by atoms with Gasteiger partial charge < -0.3 is 13.9 Å². The maximum atomic E-state index is 10.1. The van der Waals surface area contributed by atoms with E-state index in [0.717, 1.165) is 0 Å². The molecule has 0 amide bonds. The highest BCUT2D eigenvalue weighted by Gasteiger charge is 1.83. The standard InChI is InChI=1S/C3H8O3P/c1-3-6-7(4)5-2/h3H2,1-2H3/q-1.